The Morgan fingerprint density at radius 2 is 2.04 bits per heavy atom. The Morgan fingerprint density at radius 1 is 1.28 bits per heavy atom. The van der Waals surface area contributed by atoms with Gasteiger partial charge in [0.25, 0.3) is 0 Å². The zero-order valence-corrected chi connectivity index (χ0v) is 14.8. The number of carbonyl (C=O) groups excluding carboxylic acids is 1. The van der Waals surface area contributed by atoms with Crippen molar-refractivity contribution in [1.29, 1.82) is 0 Å². The van der Waals surface area contributed by atoms with Gasteiger partial charge in [-0.15, -0.1) is 12.4 Å². The first-order chi connectivity index (χ1) is 11.8. The standard InChI is InChI=1S/C17H22N4O3.ClH/c22-16(21-6-3-12-9-18-10-13(12)4-7-21)2-1-15-19-17(20-24-15)14-5-8-23-11-14;/h5,8,11-13,18H,1-4,6-7,9-10H2;1H/t12-,13+;. The molecule has 2 aliphatic rings. The summed E-state index contributed by atoms with van der Waals surface area (Å²) in [4.78, 5) is 18.8. The van der Waals surface area contributed by atoms with Gasteiger partial charge >= 0.3 is 0 Å². The number of carbonyl (C=O) groups is 1. The number of amides is 1. The molecular weight excluding hydrogens is 344 g/mol. The predicted octanol–water partition coefficient (Wildman–Crippen LogP) is 2.14. The predicted molar refractivity (Wildman–Crippen MR) is 93.2 cm³/mol. The number of hydrogen-bond donors (Lipinski definition) is 1. The number of nitrogens with one attached hydrogen (secondary N) is 1. The van der Waals surface area contributed by atoms with E-state index in [4.69, 9.17) is 8.94 Å². The lowest BCUT2D eigenvalue weighted by Gasteiger charge is -2.20. The van der Waals surface area contributed by atoms with Gasteiger partial charge in [0.1, 0.15) is 6.26 Å². The van der Waals surface area contributed by atoms with Crippen LogP contribution in [0.1, 0.15) is 25.2 Å². The van der Waals surface area contributed by atoms with Gasteiger partial charge < -0.3 is 19.2 Å². The average Bonchev–Trinajstić information content (AvgIpc) is 3.32. The van der Waals surface area contributed by atoms with E-state index in [-0.39, 0.29) is 18.3 Å². The van der Waals surface area contributed by atoms with Crippen molar-refractivity contribution in [3.8, 4) is 11.4 Å². The first-order valence-corrected chi connectivity index (χ1v) is 8.63. The van der Waals surface area contributed by atoms with Crippen molar-refractivity contribution in [2.24, 2.45) is 11.8 Å². The van der Waals surface area contributed by atoms with Gasteiger partial charge in [0.05, 0.1) is 11.8 Å². The number of fused-ring (bicyclic) bond motifs is 1. The van der Waals surface area contributed by atoms with Crippen LogP contribution in [0.3, 0.4) is 0 Å². The van der Waals surface area contributed by atoms with Gasteiger partial charge in [-0.25, -0.2) is 0 Å². The molecule has 0 radical (unpaired) electrons. The van der Waals surface area contributed by atoms with E-state index in [1.54, 1.807) is 18.6 Å². The molecule has 1 amide bonds. The molecule has 136 valence electrons. The molecule has 0 aliphatic carbocycles. The number of hydrogen-bond acceptors (Lipinski definition) is 6. The van der Waals surface area contributed by atoms with Crippen LogP contribution in [0.15, 0.2) is 27.5 Å². The van der Waals surface area contributed by atoms with Crippen LogP contribution in [0, 0.1) is 11.8 Å². The number of likely N-dealkylation sites (tertiary alicyclic amines) is 1. The fourth-order valence-electron chi connectivity index (χ4n) is 3.70. The van der Waals surface area contributed by atoms with Crippen LogP contribution >= 0.6 is 12.4 Å². The van der Waals surface area contributed by atoms with Crippen LogP contribution in [-0.4, -0.2) is 47.1 Å². The Hall–Kier alpha value is -1.86. The van der Waals surface area contributed by atoms with Crippen molar-refractivity contribution in [3.63, 3.8) is 0 Å². The second-order valence-electron chi connectivity index (χ2n) is 6.66. The average molecular weight is 367 g/mol. The molecule has 2 aromatic heterocycles. The molecule has 0 spiro atoms. The van der Waals surface area contributed by atoms with E-state index >= 15 is 0 Å². The number of furan rings is 1. The summed E-state index contributed by atoms with van der Waals surface area (Å²) in [6, 6.07) is 1.78. The van der Waals surface area contributed by atoms with Crippen LogP contribution in [0.2, 0.25) is 0 Å². The van der Waals surface area contributed by atoms with Crippen molar-refractivity contribution < 1.29 is 13.7 Å². The van der Waals surface area contributed by atoms with Crippen LogP contribution in [0.5, 0.6) is 0 Å². The minimum Gasteiger partial charge on any atom is -0.472 e. The van der Waals surface area contributed by atoms with Gasteiger partial charge in [-0.1, -0.05) is 5.16 Å². The van der Waals surface area contributed by atoms with E-state index in [0.29, 0.717) is 24.6 Å². The summed E-state index contributed by atoms with van der Waals surface area (Å²) in [6.07, 6.45) is 6.25. The first-order valence-electron chi connectivity index (χ1n) is 8.63. The van der Waals surface area contributed by atoms with E-state index in [0.717, 1.165) is 56.4 Å². The monoisotopic (exact) mass is 366 g/mol. The normalized spacial score (nSPS) is 23.0. The van der Waals surface area contributed by atoms with Gasteiger partial charge in [-0.3, -0.25) is 4.79 Å². The Bertz CT molecular complexity index is 674. The number of aromatic nitrogens is 2. The highest BCUT2D eigenvalue weighted by Gasteiger charge is 2.31. The van der Waals surface area contributed by atoms with E-state index in [1.807, 2.05) is 4.90 Å². The SMILES string of the molecule is Cl.O=C(CCc1nc(-c2ccoc2)no1)N1CC[C@@H]2CNC[C@@H]2CC1. The molecule has 2 fully saturated rings. The van der Waals surface area contributed by atoms with Crippen LogP contribution < -0.4 is 5.32 Å². The molecular formula is C17H23ClN4O3. The molecule has 0 aromatic carbocycles. The molecule has 0 saturated carbocycles. The van der Waals surface area contributed by atoms with E-state index in [9.17, 15) is 4.79 Å². The third kappa shape index (κ3) is 4.04. The van der Waals surface area contributed by atoms with Crippen molar-refractivity contribution in [1.82, 2.24) is 20.4 Å². The van der Waals surface area contributed by atoms with Crippen molar-refractivity contribution in [3.05, 3.63) is 24.5 Å². The number of nitrogens with zero attached hydrogens (tertiary/aromatic N) is 3. The van der Waals surface area contributed by atoms with Crippen LogP contribution in [0.4, 0.5) is 0 Å². The van der Waals surface area contributed by atoms with E-state index in [1.165, 1.54) is 0 Å². The zero-order chi connectivity index (χ0) is 16.4. The maximum atomic E-state index is 12.5. The lowest BCUT2D eigenvalue weighted by Crippen LogP contribution is -2.32. The molecule has 2 aliphatic heterocycles. The molecule has 2 atom stereocenters. The number of aryl methyl sites for hydroxylation is 1. The van der Waals surface area contributed by atoms with Gasteiger partial charge in [0.2, 0.25) is 17.6 Å². The van der Waals surface area contributed by atoms with Crippen molar-refractivity contribution >= 4 is 18.3 Å². The van der Waals surface area contributed by atoms with E-state index in [2.05, 4.69) is 15.5 Å². The smallest absolute Gasteiger partial charge is 0.227 e. The fraction of sp³-hybridized carbons (Fsp3) is 0.588. The molecule has 25 heavy (non-hydrogen) atoms. The van der Waals surface area contributed by atoms with E-state index < -0.39 is 0 Å². The molecule has 0 unspecified atom stereocenters. The Balaban J connectivity index is 0.00000182. The highest BCUT2D eigenvalue weighted by atomic mass is 35.5. The summed E-state index contributed by atoms with van der Waals surface area (Å²) in [5, 5.41) is 7.38. The second kappa shape index (κ2) is 8.01. The van der Waals surface area contributed by atoms with Gasteiger partial charge in [0.15, 0.2) is 0 Å². The van der Waals surface area contributed by atoms with Crippen LogP contribution in [0.25, 0.3) is 11.4 Å². The molecule has 4 rings (SSSR count). The third-order valence-electron chi connectivity index (χ3n) is 5.17. The summed E-state index contributed by atoms with van der Waals surface area (Å²) in [5.74, 6) is 2.65. The van der Waals surface area contributed by atoms with Crippen molar-refractivity contribution in [2.45, 2.75) is 25.7 Å². The molecule has 1 N–H and O–H groups in total. The topological polar surface area (TPSA) is 84.4 Å². The molecule has 8 heteroatoms. The molecule has 0 bridgehead atoms. The zero-order valence-electron chi connectivity index (χ0n) is 14.0. The Kier molecular flexibility index (Phi) is 5.75. The fourth-order valence-corrected chi connectivity index (χ4v) is 3.70. The summed E-state index contributed by atoms with van der Waals surface area (Å²) in [5.41, 5.74) is 0.781. The highest BCUT2D eigenvalue weighted by molar-refractivity contribution is 5.85. The first kappa shape index (κ1) is 17.9. The summed E-state index contributed by atoms with van der Waals surface area (Å²) in [6.45, 7) is 3.94. The van der Waals surface area contributed by atoms with Crippen molar-refractivity contribution in [2.75, 3.05) is 26.2 Å². The Morgan fingerprint density at radius 3 is 2.72 bits per heavy atom. The quantitative estimate of drug-likeness (QED) is 0.892. The van der Waals surface area contributed by atoms with Gasteiger partial charge in [-0.05, 0) is 43.8 Å². The number of rotatable bonds is 4. The lowest BCUT2D eigenvalue weighted by molar-refractivity contribution is -0.131. The Labute approximate surface area is 152 Å². The summed E-state index contributed by atoms with van der Waals surface area (Å²) < 4.78 is 10.2. The van der Waals surface area contributed by atoms with Gasteiger partial charge in [0, 0.05) is 25.9 Å². The largest absolute Gasteiger partial charge is 0.472 e. The highest BCUT2D eigenvalue weighted by Crippen LogP contribution is 2.27. The maximum absolute atomic E-state index is 12.5. The maximum Gasteiger partial charge on any atom is 0.227 e. The molecule has 7 nitrogen and oxygen atoms in total. The number of halogens is 1. The summed E-state index contributed by atoms with van der Waals surface area (Å²) in [7, 11) is 0. The minimum absolute atomic E-state index is 0. The summed E-state index contributed by atoms with van der Waals surface area (Å²) >= 11 is 0. The lowest BCUT2D eigenvalue weighted by atomic mass is 9.92. The second-order valence-corrected chi connectivity index (χ2v) is 6.66. The van der Waals surface area contributed by atoms with Gasteiger partial charge in [-0.2, -0.15) is 4.98 Å². The minimum atomic E-state index is 0. The van der Waals surface area contributed by atoms with Crippen LogP contribution in [-0.2, 0) is 11.2 Å². The molecule has 2 aromatic rings. The molecule has 2 saturated heterocycles. The molecule has 4 heterocycles. The third-order valence-corrected chi connectivity index (χ3v) is 5.17.